The molecule has 1 saturated heterocycles. The molecule has 1 heterocycles. The van der Waals surface area contributed by atoms with Crippen LogP contribution in [0, 0.1) is 0 Å². The van der Waals surface area contributed by atoms with E-state index in [4.69, 9.17) is 0 Å². The summed E-state index contributed by atoms with van der Waals surface area (Å²) in [6.07, 6.45) is 7.50. The van der Waals surface area contributed by atoms with Gasteiger partial charge in [0, 0.05) is 6.54 Å². The molecule has 3 nitrogen and oxygen atoms in total. The Labute approximate surface area is 114 Å². The van der Waals surface area contributed by atoms with Gasteiger partial charge in [0.05, 0.1) is 5.54 Å². The lowest BCUT2D eigenvalue weighted by molar-refractivity contribution is 0.343. The van der Waals surface area contributed by atoms with Crippen LogP contribution in [0.4, 0.5) is 0 Å². The van der Waals surface area contributed by atoms with Crippen molar-refractivity contribution in [3.8, 4) is 0 Å². The first-order chi connectivity index (χ1) is 9.32. The molecular formula is C16H20N2O. The normalized spacial score (nSPS) is 21.1. The number of nitrogens with zero attached hydrogens (tertiary/aromatic N) is 2. The van der Waals surface area contributed by atoms with Crippen LogP contribution < -0.4 is 0 Å². The van der Waals surface area contributed by atoms with E-state index in [0.717, 1.165) is 25.8 Å². The number of hydrogen-bond donors (Lipinski definition) is 0. The van der Waals surface area contributed by atoms with E-state index in [-0.39, 0.29) is 5.54 Å². The highest BCUT2D eigenvalue weighted by Crippen LogP contribution is 2.49. The minimum atomic E-state index is -0.227. The van der Waals surface area contributed by atoms with Crippen molar-refractivity contribution in [3.05, 3.63) is 35.4 Å². The van der Waals surface area contributed by atoms with Gasteiger partial charge in [0.15, 0.2) is 0 Å². The lowest BCUT2D eigenvalue weighted by atomic mass is 10.0. The summed E-state index contributed by atoms with van der Waals surface area (Å²) < 4.78 is 0. The maximum absolute atomic E-state index is 10.5. The second-order valence-corrected chi connectivity index (χ2v) is 5.73. The predicted molar refractivity (Wildman–Crippen MR) is 74.9 cm³/mol. The summed E-state index contributed by atoms with van der Waals surface area (Å²) in [5.41, 5.74) is 2.32. The van der Waals surface area contributed by atoms with Crippen LogP contribution in [-0.4, -0.2) is 30.6 Å². The highest BCUT2D eigenvalue weighted by atomic mass is 16.1. The molecule has 19 heavy (non-hydrogen) atoms. The zero-order valence-electron chi connectivity index (χ0n) is 11.3. The first-order valence-electron chi connectivity index (χ1n) is 7.23. The van der Waals surface area contributed by atoms with Gasteiger partial charge < -0.3 is 4.90 Å². The van der Waals surface area contributed by atoms with Gasteiger partial charge in [-0.15, -0.1) is 0 Å². The Morgan fingerprint density at radius 2 is 1.84 bits per heavy atom. The van der Waals surface area contributed by atoms with Crippen molar-refractivity contribution in [3.63, 3.8) is 0 Å². The van der Waals surface area contributed by atoms with Gasteiger partial charge in [0.1, 0.15) is 0 Å². The molecule has 0 radical (unpaired) electrons. The Kier molecular flexibility index (Phi) is 3.50. The molecule has 0 bridgehead atoms. The minimum absolute atomic E-state index is 0.227. The van der Waals surface area contributed by atoms with E-state index in [1.165, 1.54) is 37.1 Å². The number of rotatable bonds is 5. The van der Waals surface area contributed by atoms with E-state index in [2.05, 4.69) is 34.2 Å². The summed E-state index contributed by atoms with van der Waals surface area (Å²) >= 11 is 0. The molecule has 1 aromatic rings. The number of aliphatic imine (C=N–C) groups is 1. The van der Waals surface area contributed by atoms with Crippen LogP contribution in [0.2, 0.25) is 0 Å². The van der Waals surface area contributed by atoms with E-state index < -0.39 is 0 Å². The van der Waals surface area contributed by atoms with Crippen LogP contribution in [0.3, 0.4) is 0 Å². The summed E-state index contributed by atoms with van der Waals surface area (Å²) in [5.74, 6) is 0. The Bertz CT molecular complexity index is 478. The van der Waals surface area contributed by atoms with Crippen LogP contribution in [-0.2, 0) is 16.8 Å². The Hall–Kier alpha value is -1.44. The molecule has 0 aromatic heterocycles. The topological polar surface area (TPSA) is 32.7 Å². The third-order valence-corrected chi connectivity index (χ3v) is 4.39. The van der Waals surface area contributed by atoms with Crippen molar-refractivity contribution in [2.24, 2.45) is 4.99 Å². The quantitative estimate of drug-likeness (QED) is 0.599. The van der Waals surface area contributed by atoms with E-state index in [9.17, 15) is 4.79 Å². The van der Waals surface area contributed by atoms with E-state index in [0.29, 0.717) is 0 Å². The number of hydrogen-bond acceptors (Lipinski definition) is 3. The van der Waals surface area contributed by atoms with Crippen LogP contribution in [0.25, 0.3) is 0 Å². The summed E-state index contributed by atoms with van der Waals surface area (Å²) in [6, 6.07) is 8.64. The van der Waals surface area contributed by atoms with Crippen LogP contribution in [0.1, 0.15) is 36.8 Å². The van der Waals surface area contributed by atoms with Crippen LogP contribution in [0.15, 0.2) is 29.3 Å². The Morgan fingerprint density at radius 1 is 1.16 bits per heavy atom. The number of isocyanates is 1. The molecule has 0 spiro atoms. The van der Waals surface area contributed by atoms with Gasteiger partial charge in [-0.3, -0.25) is 0 Å². The summed E-state index contributed by atoms with van der Waals surface area (Å²) in [5, 5.41) is 0. The van der Waals surface area contributed by atoms with E-state index >= 15 is 0 Å². The molecule has 0 N–H and O–H groups in total. The molecule has 3 rings (SSSR count). The second kappa shape index (κ2) is 5.28. The first-order valence-corrected chi connectivity index (χ1v) is 7.23. The fourth-order valence-corrected chi connectivity index (χ4v) is 2.95. The van der Waals surface area contributed by atoms with Crippen LogP contribution in [0.5, 0.6) is 0 Å². The fourth-order valence-electron chi connectivity index (χ4n) is 2.95. The second-order valence-electron chi connectivity index (χ2n) is 5.73. The van der Waals surface area contributed by atoms with Crippen LogP contribution >= 0.6 is 0 Å². The average Bonchev–Trinajstić information content (AvgIpc) is 3.03. The molecule has 1 aromatic carbocycles. The van der Waals surface area contributed by atoms with Gasteiger partial charge >= 0.3 is 0 Å². The van der Waals surface area contributed by atoms with Crippen molar-refractivity contribution < 1.29 is 4.79 Å². The average molecular weight is 256 g/mol. The number of likely N-dealkylation sites (tertiary alicyclic amines) is 1. The Morgan fingerprint density at radius 3 is 2.42 bits per heavy atom. The highest BCUT2D eigenvalue weighted by Gasteiger charge is 2.44. The van der Waals surface area contributed by atoms with Gasteiger partial charge in [0.2, 0.25) is 6.08 Å². The smallest absolute Gasteiger partial charge is 0.235 e. The number of benzene rings is 1. The molecule has 1 saturated carbocycles. The maximum atomic E-state index is 10.5. The SMILES string of the molecule is O=C=NC1(c2ccc(CCN3CCCC3)cc2)CC1. The van der Waals surface area contributed by atoms with Gasteiger partial charge in [-0.1, -0.05) is 24.3 Å². The molecule has 2 aliphatic rings. The Balaban J connectivity index is 1.61. The standard InChI is InChI=1S/C16H20N2O/c19-13-17-16(8-9-16)15-5-3-14(4-6-15)7-12-18-10-1-2-11-18/h3-6H,1-2,7-12H2. The molecule has 2 fully saturated rings. The lowest BCUT2D eigenvalue weighted by Crippen LogP contribution is -2.21. The number of carbonyl (C=O) groups excluding carboxylic acids is 1. The highest BCUT2D eigenvalue weighted by molar-refractivity contribution is 5.41. The maximum Gasteiger partial charge on any atom is 0.235 e. The van der Waals surface area contributed by atoms with Gasteiger partial charge in [0.25, 0.3) is 0 Å². The molecule has 100 valence electrons. The molecule has 0 unspecified atom stereocenters. The zero-order valence-corrected chi connectivity index (χ0v) is 11.3. The fraction of sp³-hybridized carbons (Fsp3) is 0.562. The van der Waals surface area contributed by atoms with Gasteiger partial charge in [-0.25, -0.2) is 4.79 Å². The van der Waals surface area contributed by atoms with Gasteiger partial charge in [-0.05, 0) is 56.3 Å². The third-order valence-electron chi connectivity index (χ3n) is 4.39. The molecule has 1 aliphatic carbocycles. The van der Waals surface area contributed by atoms with Crippen molar-refractivity contribution in [2.45, 2.75) is 37.6 Å². The first kappa shape index (κ1) is 12.6. The lowest BCUT2D eigenvalue weighted by Gasteiger charge is -2.14. The molecule has 1 aliphatic heterocycles. The van der Waals surface area contributed by atoms with Crippen molar-refractivity contribution >= 4 is 6.08 Å². The predicted octanol–water partition coefficient (Wildman–Crippen LogP) is 2.65. The summed E-state index contributed by atoms with van der Waals surface area (Å²) in [6.45, 7) is 3.68. The zero-order chi connectivity index (χ0) is 13.1. The summed E-state index contributed by atoms with van der Waals surface area (Å²) in [7, 11) is 0. The van der Waals surface area contributed by atoms with Crippen molar-refractivity contribution in [2.75, 3.05) is 19.6 Å². The van der Waals surface area contributed by atoms with E-state index in [1.807, 2.05) is 0 Å². The molecule has 0 amide bonds. The molecule has 3 heteroatoms. The largest absolute Gasteiger partial charge is 0.303 e. The van der Waals surface area contributed by atoms with Crippen molar-refractivity contribution in [1.29, 1.82) is 0 Å². The van der Waals surface area contributed by atoms with Crippen molar-refractivity contribution in [1.82, 2.24) is 4.90 Å². The van der Waals surface area contributed by atoms with E-state index in [1.54, 1.807) is 6.08 Å². The third kappa shape index (κ3) is 2.78. The summed E-state index contributed by atoms with van der Waals surface area (Å²) in [4.78, 5) is 17.0. The molecular weight excluding hydrogens is 236 g/mol. The minimum Gasteiger partial charge on any atom is -0.303 e. The molecule has 0 atom stereocenters. The monoisotopic (exact) mass is 256 g/mol. The van der Waals surface area contributed by atoms with Gasteiger partial charge in [-0.2, -0.15) is 4.99 Å².